The molecule has 4 heteroatoms. The van der Waals surface area contributed by atoms with Crippen LogP contribution in [0.15, 0.2) is 47.0 Å². The van der Waals surface area contributed by atoms with Crippen LogP contribution in [0.5, 0.6) is 5.88 Å². The van der Waals surface area contributed by atoms with Crippen molar-refractivity contribution in [3.05, 3.63) is 59.5 Å². The Morgan fingerprint density at radius 2 is 2.10 bits per heavy atom. The Kier molecular flexibility index (Phi) is 3.62. The summed E-state index contributed by atoms with van der Waals surface area (Å²) < 4.78 is 11.3. The number of ether oxygens (including phenoxy) is 1. The van der Waals surface area contributed by atoms with Gasteiger partial charge in [-0.2, -0.15) is 0 Å². The van der Waals surface area contributed by atoms with E-state index in [4.69, 9.17) is 9.15 Å². The summed E-state index contributed by atoms with van der Waals surface area (Å²) in [7, 11) is 3.52. The molecule has 2 heterocycles. The van der Waals surface area contributed by atoms with Gasteiger partial charge < -0.3 is 14.5 Å². The second-order valence-electron chi connectivity index (χ2n) is 5.01. The van der Waals surface area contributed by atoms with E-state index in [-0.39, 0.29) is 6.04 Å². The van der Waals surface area contributed by atoms with Crippen LogP contribution in [0.2, 0.25) is 0 Å². The highest BCUT2D eigenvalue weighted by Gasteiger charge is 2.21. The molecule has 1 atom stereocenters. The number of aryl methyl sites for hydroxylation is 1. The van der Waals surface area contributed by atoms with Gasteiger partial charge in [0.1, 0.15) is 11.3 Å². The molecule has 1 aromatic carbocycles. The highest BCUT2D eigenvalue weighted by atomic mass is 16.5. The number of aromatic nitrogens is 1. The highest BCUT2D eigenvalue weighted by molar-refractivity contribution is 5.79. The van der Waals surface area contributed by atoms with Gasteiger partial charge in [0.2, 0.25) is 5.88 Å². The summed E-state index contributed by atoms with van der Waals surface area (Å²) in [6.07, 6.45) is 1.72. The summed E-state index contributed by atoms with van der Waals surface area (Å²) in [5.41, 5.74) is 3.06. The minimum absolute atomic E-state index is 0.0960. The summed E-state index contributed by atoms with van der Waals surface area (Å²) in [6, 6.07) is 12.0. The Hall–Kier alpha value is -2.33. The average molecular weight is 282 g/mol. The van der Waals surface area contributed by atoms with Gasteiger partial charge in [0.25, 0.3) is 0 Å². The normalized spacial score (nSPS) is 12.5. The van der Waals surface area contributed by atoms with Gasteiger partial charge in [-0.05, 0) is 38.2 Å². The van der Waals surface area contributed by atoms with Gasteiger partial charge in [-0.1, -0.05) is 17.7 Å². The molecule has 108 valence electrons. The van der Waals surface area contributed by atoms with Crippen LogP contribution >= 0.6 is 0 Å². The van der Waals surface area contributed by atoms with E-state index in [2.05, 4.69) is 35.4 Å². The van der Waals surface area contributed by atoms with E-state index in [1.807, 2.05) is 25.2 Å². The molecule has 3 aromatic rings. The Morgan fingerprint density at radius 1 is 1.24 bits per heavy atom. The average Bonchev–Trinajstić information content (AvgIpc) is 2.91. The third kappa shape index (κ3) is 2.50. The van der Waals surface area contributed by atoms with Gasteiger partial charge in [0, 0.05) is 17.1 Å². The number of furan rings is 1. The Balaban J connectivity index is 2.09. The fourth-order valence-corrected chi connectivity index (χ4v) is 2.57. The zero-order valence-corrected chi connectivity index (χ0v) is 12.4. The Labute approximate surface area is 123 Å². The topological polar surface area (TPSA) is 47.3 Å². The molecule has 1 N–H and O–H groups in total. The van der Waals surface area contributed by atoms with E-state index in [1.54, 1.807) is 13.3 Å². The molecule has 2 aromatic heterocycles. The zero-order valence-electron chi connectivity index (χ0n) is 12.4. The van der Waals surface area contributed by atoms with Gasteiger partial charge >= 0.3 is 0 Å². The third-order valence-corrected chi connectivity index (χ3v) is 3.57. The fourth-order valence-electron chi connectivity index (χ4n) is 2.57. The Morgan fingerprint density at radius 3 is 2.86 bits per heavy atom. The number of benzene rings is 1. The largest absolute Gasteiger partial charge is 0.481 e. The second-order valence-corrected chi connectivity index (χ2v) is 5.01. The zero-order chi connectivity index (χ0) is 14.8. The van der Waals surface area contributed by atoms with E-state index < -0.39 is 0 Å². The molecule has 0 spiro atoms. The van der Waals surface area contributed by atoms with Crippen LogP contribution in [0.3, 0.4) is 0 Å². The van der Waals surface area contributed by atoms with E-state index in [1.165, 1.54) is 5.56 Å². The Bertz CT molecular complexity index is 764. The number of fused-ring (bicyclic) bond motifs is 1. The van der Waals surface area contributed by atoms with Crippen molar-refractivity contribution in [3.63, 3.8) is 0 Å². The molecular formula is C17H18N2O2. The van der Waals surface area contributed by atoms with Crippen molar-refractivity contribution in [2.24, 2.45) is 0 Å². The van der Waals surface area contributed by atoms with Gasteiger partial charge in [0.05, 0.1) is 13.2 Å². The van der Waals surface area contributed by atoms with Crippen molar-refractivity contribution in [3.8, 4) is 5.88 Å². The molecule has 0 bridgehead atoms. The number of nitrogens with zero attached hydrogens (tertiary/aromatic N) is 1. The lowest BCUT2D eigenvalue weighted by Gasteiger charge is -2.16. The van der Waals surface area contributed by atoms with Crippen molar-refractivity contribution in [1.82, 2.24) is 10.3 Å². The van der Waals surface area contributed by atoms with Crippen molar-refractivity contribution in [2.75, 3.05) is 14.2 Å². The first-order valence-corrected chi connectivity index (χ1v) is 6.89. The summed E-state index contributed by atoms with van der Waals surface area (Å²) in [4.78, 5) is 4.26. The molecule has 0 aliphatic carbocycles. The first kappa shape index (κ1) is 13.6. The summed E-state index contributed by atoms with van der Waals surface area (Å²) >= 11 is 0. The highest BCUT2D eigenvalue weighted by Crippen LogP contribution is 2.32. The molecule has 1 unspecified atom stereocenters. The van der Waals surface area contributed by atoms with Gasteiger partial charge in [-0.3, -0.25) is 0 Å². The molecular weight excluding hydrogens is 264 g/mol. The van der Waals surface area contributed by atoms with E-state index in [0.717, 1.165) is 22.3 Å². The number of methoxy groups -OCH3 is 1. The monoisotopic (exact) mass is 282 g/mol. The summed E-state index contributed by atoms with van der Waals surface area (Å²) in [5, 5.41) is 4.38. The molecule has 0 saturated carbocycles. The van der Waals surface area contributed by atoms with E-state index in [9.17, 15) is 0 Å². The maximum Gasteiger partial charge on any atom is 0.218 e. The first-order chi connectivity index (χ1) is 10.2. The third-order valence-electron chi connectivity index (χ3n) is 3.57. The molecule has 0 fully saturated rings. The van der Waals surface area contributed by atoms with Crippen LogP contribution in [0, 0.1) is 6.92 Å². The molecule has 0 amide bonds. The van der Waals surface area contributed by atoms with E-state index >= 15 is 0 Å². The van der Waals surface area contributed by atoms with Crippen LogP contribution < -0.4 is 10.1 Å². The van der Waals surface area contributed by atoms with Crippen LogP contribution in [-0.4, -0.2) is 19.1 Å². The smallest absolute Gasteiger partial charge is 0.218 e. The van der Waals surface area contributed by atoms with Crippen LogP contribution in [0.25, 0.3) is 11.0 Å². The quantitative estimate of drug-likeness (QED) is 0.796. The SMILES string of the molecule is CNC(c1cc2cc(C)ccc2o1)c1cccnc1OC. The van der Waals surface area contributed by atoms with Crippen LogP contribution in [0.1, 0.15) is 22.9 Å². The summed E-state index contributed by atoms with van der Waals surface area (Å²) in [5.74, 6) is 1.46. The number of rotatable bonds is 4. The van der Waals surface area contributed by atoms with Gasteiger partial charge in [-0.25, -0.2) is 4.98 Å². The maximum atomic E-state index is 5.98. The van der Waals surface area contributed by atoms with Crippen LogP contribution in [-0.2, 0) is 0 Å². The molecule has 21 heavy (non-hydrogen) atoms. The molecule has 0 aliphatic heterocycles. The standard InChI is InChI=1S/C17H18N2O2/c1-11-6-7-14-12(9-11)10-15(21-14)16(18-2)13-5-4-8-19-17(13)20-3/h4-10,16,18H,1-3H3. The predicted molar refractivity (Wildman–Crippen MR) is 82.6 cm³/mol. The number of nitrogens with one attached hydrogen (secondary N) is 1. The van der Waals surface area contributed by atoms with Gasteiger partial charge in [0.15, 0.2) is 0 Å². The number of hydrogen-bond acceptors (Lipinski definition) is 4. The first-order valence-electron chi connectivity index (χ1n) is 6.89. The van der Waals surface area contributed by atoms with Crippen molar-refractivity contribution in [2.45, 2.75) is 13.0 Å². The fraction of sp³-hybridized carbons (Fsp3) is 0.235. The van der Waals surface area contributed by atoms with E-state index in [0.29, 0.717) is 5.88 Å². The lowest BCUT2D eigenvalue weighted by molar-refractivity contribution is 0.383. The molecule has 0 radical (unpaired) electrons. The molecule has 0 aliphatic rings. The lowest BCUT2D eigenvalue weighted by Crippen LogP contribution is -2.18. The van der Waals surface area contributed by atoms with Crippen molar-refractivity contribution < 1.29 is 9.15 Å². The molecule has 0 saturated heterocycles. The van der Waals surface area contributed by atoms with Crippen molar-refractivity contribution in [1.29, 1.82) is 0 Å². The minimum Gasteiger partial charge on any atom is -0.481 e. The maximum absolute atomic E-state index is 5.98. The molecule has 4 nitrogen and oxygen atoms in total. The lowest BCUT2D eigenvalue weighted by atomic mass is 10.1. The van der Waals surface area contributed by atoms with Gasteiger partial charge in [-0.15, -0.1) is 0 Å². The minimum atomic E-state index is -0.0960. The summed E-state index contributed by atoms with van der Waals surface area (Å²) in [6.45, 7) is 2.08. The number of pyridine rings is 1. The van der Waals surface area contributed by atoms with Crippen molar-refractivity contribution >= 4 is 11.0 Å². The van der Waals surface area contributed by atoms with Crippen LogP contribution in [0.4, 0.5) is 0 Å². The molecule has 3 rings (SSSR count). The number of hydrogen-bond donors (Lipinski definition) is 1. The second kappa shape index (κ2) is 5.58. The predicted octanol–water partition coefficient (Wildman–Crippen LogP) is 3.45.